The number of amides is 1. The van der Waals surface area contributed by atoms with Crippen molar-refractivity contribution >= 4 is 17.3 Å². The number of rotatable bonds is 3. The predicted octanol–water partition coefficient (Wildman–Crippen LogP) is 2.37. The van der Waals surface area contributed by atoms with E-state index in [1.54, 1.807) is 18.2 Å². The maximum atomic E-state index is 12.1. The average molecular weight is 300 g/mol. The van der Waals surface area contributed by atoms with E-state index in [1.807, 2.05) is 6.07 Å². The van der Waals surface area contributed by atoms with Crippen molar-refractivity contribution in [1.82, 2.24) is 0 Å². The summed E-state index contributed by atoms with van der Waals surface area (Å²) in [6, 6.07) is 12.7. The van der Waals surface area contributed by atoms with E-state index in [2.05, 4.69) is 5.32 Å². The van der Waals surface area contributed by atoms with Crippen molar-refractivity contribution in [2.24, 2.45) is 0 Å². The first-order valence-corrected chi connectivity index (χ1v) is 6.57. The van der Waals surface area contributed by atoms with Gasteiger partial charge in [0.1, 0.15) is 6.61 Å². The molecule has 0 saturated carbocycles. The van der Waals surface area contributed by atoms with Gasteiger partial charge in [0.15, 0.2) is 11.5 Å². The Bertz CT molecular complexity index is 714. The molecular weight excluding hydrogens is 288 g/mol. The molecule has 7 nitrogen and oxygen atoms in total. The molecule has 0 radical (unpaired) electrons. The largest absolute Gasteiger partial charge is 0.485 e. The highest BCUT2D eigenvalue weighted by molar-refractivity contribution is 5.94. The van der Waals surface area contributed by atoms with Gasteiger partial charge in [0.05, 0.1) is 4.92 Å². The topological polar surface area (TPSA) is 90.7 Å². The van der Waals surface area contributed by atoms with Gasteiger partial charge in [-0.05, 0) is 24.3 Å². The summed E-state index contributed by atoms with van der Waals surface area (Å²) in [4.78, 5) is 22.2. The molecule has 1 aliphatic rings. The quantitative estimate of drug-likeness (QED) is 0.694. The summed E-state index contributed by atoms with van der Waals surface area (Å²) in [6.07, 6.45) is -0.773. The van der Waals surface area contributed by atoms with Crippen LogP contribution in [0.5, 0.6) is 11.5 Å². The van der Waals surface area contributed by atoms with E-state index in [1.165, 1.54) is 24.3 Å². The number of carbonyl (C=O) groups is 1. The van der Waals surface area contributed by atoms with Gasteiger partial charge >= 0.3 is 0 Å². The molecule has 0 aromatic heterocycles. The molecule has 0 bridgehead atoms. The first-order chi connectivity index (χ1) is 10.6. The van der Waals surface area contributed by atoms with E-state index >= 15 is 0 Å². The van der Waals surface area contributed by atoms with Crippen molar-refractivity contribution in [2.75, 3.05) is 11.9 Å². The lowest BCUT2D eigenvalue weighted by Crippen LogP contribution is -2.40. The van der Waals surface area contributed by atoms with Gasteiger partial charge in [-0.1, -0.05) is 12.1 Å². The molecule has 1 aliphatic heterocycles. The normalized spacial score (nSPS) is 15.9. The van der Waals surface area contributed by atoms with E-state index in [9.17, 15) is 14.9 Å². The summed E-state index contributed by atoms with van der Waals surface area (Å²) in [5.74, 6) is 0.739. The van der Waals surface area contributed by atoms with Crippen molar-refractivity contribution in [3.8, 4) is 11.5 Å². The van der Waals surface area contributed by atoms with Crippen LogP contribution in [0.15, 0.2) is 48.5 Å². The van der Waals surface area contributed by atoms with E-state index in [0.29, 0.717) is 17.2 Å². The van der Waals surface area contributed by atoms with Gasteiger partial charge in [0, 0.05) is 17.8 Å². The number of nitro groups is 1. The van der Waals surface area contributed by atoms with Crippen LogP contribution in [-0.4, -0.2) is 23.5 Å². The minimum Gasteiger partial charge on any atom is -0.485 e. The number of ether oxygens (including phenoxy) is 2. The predicted molar refractivity (Wildman–Crippen MR) is 78.1 cm³/mol. The first-order valence-electron chi connectivity index (χ1n) is 6.57. The molecule has 0 saturated heterocycles. The number of nitrogens with one attached hydrogen (secondary N) is 1. The molecule has 22 heavy (non-hydrogen) atoms. The molecule has 0 spiro atoms. The lowest BCUT2D eigenvalue weighted by Gasteiger charge is -2.25. The van der Waals surface area contributed by atoms with Gasteiger partial charge in [0.25, 0.3) is 11.6 Å². The highest BCUT2D eigenvalue weighted by atomic mass is 16.6. The molecule has 3 rings (SSSR count). The van der Waals surface area contributed by atoms with Crippen molar-refractivity contribution < 1.29 is 19.2 Å². The van der Waals surface area contributed by atoms with Crippen molar-refractivity contribution in [3.05, 3.63) is 58.6 Å². The Kier molecular flexibility index (Phi) is 3.61. The Morgan fingerprint density at radius 1 is 1.14 bits per heavy atom. The Hall–Kier alpha value is -3.09. The number of nitro benzene ring substituents is 1. The Morgan fingerprint density at radius 3 is 2.50 bits per heavy atom. The minimum absolute atomic E-state index is 0.0378. The van der Waals surface area contributed by atoms with Crippen LogP contribution >= 0.6 is 0 Å². The average Bonchev–Trinajstić information content (AvgIpc) is 2.55. The first kappa shape index (κ1) is 13.9. The maximum Gasteiger partial charge on any atom is 0.269 e. The standard InChI is InChI=1S/C15H12N2O5/c18-15(16-10-5-7-11(8-6-10)17(19)20)14-9-21-12-3-1-2-4-13(12)22-14/h1-8,14H,9H2,(H,16,18)/t14-/m0/s1. The highest BCUT2D eigenvalue weighted by Gasteiger charge is 2.27. The van der Waals surface area contributed by atoms with Gasteiger partial charge in [-0.3, -0.25) is 14.9 Å². The molecule has 0 aliphatic carbocycles. The number of benzene rings is 2. The molecule has 2 aromatic rings. The number of non-ortho nitro benzene ring substituents is 1. The van der Waals surface area contributed by atoms with Crippen molar-refractivity contribution in [1.29, 1.82) is 0 Å². The summed E-state index contributed by atoms with van der Waals surface area (Å²) < 4.78 is 11.1. The fraction of sp³-hybridized carbons (Fsp3) is 0.133. The lowest BCUT2D eigenvalue weighted by atomic mass is 10.2. The minimum atomic E-state index is -0.773. The summed E-state index contributed by atoms with van der Waals surface area (Å²) in [5, 5.41) is 13.2. The van der Waals surface area contributed by atoms with Crippen LogP contribution < -0.4 is 14.8 Å². The van der Waals surface area contributed by atoms with Gasteiger partial charge in [0.2, 0.25) is 6.10 Å². The zero-order valence-electron chi connectivity index (χ0n) is 11.4. The fourth-order valence-electron chi connectivity index (χ4n) is 2.04. The van der Waals surface area contributed by atoms with Gasteiger partial charge in [-0.15, -0.1) is 0 Å². The fourth-order valence-corrected chi connectivity index (χ4v) is 2.04. The van der Waals surface area contributed by atoms with E-state index in [0.717, 1.165) is 0 Å². The van der Waals surface area contributed by atoms with Crippen molar-refractivity contribution in [3.63, 3.8) is 0 Å². The summed E-state index contributed by atoms with van der Waals surface area (Å²) in [7, 11) is 0. The number of hydrogen-bond donors (Lipinski definition) is 1. The number of nitrogens with zero attached hydrogens (tertiary/aromatic N) is 1. The second-order valence-electron chi connectivity index (χ2n) is 4.66. The van der Waals surface area contributed by atoms with E-state index in [4.69, 9.17) is 9.47 Å². The number of carbonyl (C=O) groups excluding carboxylic acids is 1. The number of anilines is 1. The van der Waals surface area contributed by atoms with Crippen LogP contribution in [0.2, 0.25) is 0 Å². The van der Waals surface area contributed by atoms with Crippen LogP contribution in [0.1, 0.15) is 0 Å². The Labute approximate surface area is 125 Å². The summed E-state index contributed by atoms with van der Waals surface area (Å²) in [6.45, 7) is 0.107. The van der Waals surface area contributed by atoms with Gasteiger partial charge < -0.3 is 14.8 Å². The smallest absolute Gasteiger partial charge is 0.269 e. The van der Waals surface area contributed by atoms with E-state index in [-0.39, 0.29) is 18.2 Å². The zero-order valence-corrected chi connectivity index (χ0v) is 11.4. The van der Waals surface area contributed by atoms with Crippen LogP contribution in [0.4, 0.5) is 11.4 Å². The second-order valence-corrected chi connectivity index (χ2v) is 4.66. The van der Waals surface area contributed by atoms with Crippen LogP contribution in [-0.2, 0) is 4.79 Å². The van der Waals surface area contributed by atoms with Crippen LogP contribution in [0.3, 0.4) is 0 Å². The molecule has 1 amide bonds. The number of para-hydroxylation sites is 2. The lowest BCUT2D eigenvalue weighted by molar-refractivity contribution is -0.384. The maximum absolute atomic E-state index is 12.1. The van der Waals surface area contributed by atoms with Gasteiger partial charge in [-0.25, -0.2) is 0 Å². The van der Waals surface area contributed by atoms with Crippen LogP contribution in [0, 0.1) is 10.1 Å². The zero-order chi connectivity index (χ0) is 15.5. The molecular formula is C15H12N2O5. The molecule has 0 unspecified atom stereocenters. The third kappa shape index (κ3) is 2.83. The highest BCUT2D eigenvalue weighted by Crippen LogP contribution is 2.31. The molecule has 112 valence electrons. The monoisotopic (exact) mass is 300 g/mol. The summed E-state index contributed by atoms with van der Waals surface area (Å²) >= 11 is 0. The third-order valence-electron chi connectivity index (χ3n) is 3.15. The van der Waals surface area contributed by atoms with Crippen molar-refractivity contribution in [2.45, 2.75) is 6.10 Å². The van der Waals surface area contributed by atoms with E-state index < -0.39 is 11.0 Å². The molecule has 7 heteroatoms. The van der Waals surface area contributed by atoms with Gasteiger partial charge in [-0.2, -0.15) is 0 Å². The molecule has 2 aromatic carbocycles. The number of fused-ring (bicyclic) bond motifs is 1. The second kappa shape index (κ2) is 5.72. The Morgan fingerprint density at radius 2 is 1.82 bits per heavy atom. The molecule has 1 N–H and O–H groups in total. The summed E-state index contributed by atoms with van der Waals surface area (Å²) in [5.41, 5.74) is 0.419. The number of hydrogen-bond acceptors (Lipinski definition) is 5. The molecule has 1 atom stereocenters. The molecule has 1 heterocycles. The third-order valence-corrected chi connectivity index (χ3v) is 3.15. The molecule has 0 fully saturated rings. The Balaban J connectivity index is 1.66. The van der Waals surface area contributed by atoms with Crippen LogP contribution in [0.25, 0.3) is 0 Å². The SMILES string of the molecule is O=C(Nc1ccc([N+](=O)[O-])cc1)[C@@H]1COc2ccccc2O1.